The molecule has 6 nitrogen and oxygen atoms in total. The quantitative estimate of drug-likeness (QED) is 0.764. The molecule has 1 saturated heterocycles. The molecule has 0 unspecified atom stereocenters. The van der Waals surface area contributed by atoms with Crippen molar-refractivity contribution in [3.05, 3.63) is 59.7 Å². The highest BCUT2D eigenvalue weighted by Gasteiger charge is 2.32. The Morgan fingerprint density at radius 1 is 0.968 bits per heavy atom. The Kier molecular flexibility index (Phi) is 7.09. The molecule has 2 aromatic rings. The van der Waals surface area contributed by atoms with Gasteiger partial charge in [0.25, 0.3) is 5.91 Å². The third-order valence-corrected chi connectivity index (χ3v) is 5.44. The predicted octanol–water partition coefficient (Wildman–Crippen LogP) is 3.08. The van der Waals surface area contributed by atoms with Crippen molar-refractivity contribution >= 4 is 17.5 Å². The zero-order chi connectivity index (χ0) is 22.5. The lowest BCUT2D eigenvalue weighted by Gasteiger charge is -2.38. The van der Waals surface area contributed by atoms with Crippen LogP contribution in [0.15, 0.2) is 42.5 Å². The Labute approximate surface area is 180 Å². The summed E-state index contributed by atoms with van der Waals surface area (Å²) >= 11 is 0. The Morgan fingerprint density at radius 3 is 2.06 bits per heavy atom. The molecule has 1 atom stereocenters. The number of ether oxygens (including phenoxy) is 1. The number of rotatable bonds is 6. The average molecular weight is 431 g/mol. The largest absolute Gasteiger partial charge is 0.497 e. The third-order valence-electron chi connectivity index (χ3n) is 5.44. The summed E-state index contributed by atoms with van der Waals surface area (Å²) in [6.07, 6.45) is 0. The molecule has 1 aliphatic heterocycles. The summed E-state index contributed by atoms with van der Waals surface area (Å²) in [6.45, 7) is 5.82. The van der Waals surface area contributed by atoms with E-state index in [1.165, 1.54) is 6.07 Å². The van der Waals surface area contributed by atoms with E-state index in [4.69, 9.17) is 4.74 Å². The molecule has 31 heavy (non-hydrogen) atoms. The van der Waals surface area contributed by atoms with Crippen LogP contribution in [0.5, 0.6) is 5.75 Å². The number of carbonyl (C=O) groups is 2. The van der Waals surface area contributed by atoms with Crippen molar-refractivity contribution in [3.63, 3.8) is 0 Å². The zero-order valence-electron chi connectivity index (χ0n) is 17.9. The van der Waals surface area contributed by atoms with E-state index in [0.29, 0.717) is 26.2 Å². The lowest BCUT2D eigenvalue weighted by Crippen LogP contribution is -2.56. The zero-order valence-corrected chi connectivity index (χ0v) is 17.9. The van der Waals surface area contributed by atoms with E-state index >= 15 is 0 Å². The van der Waals surface area contributed by atoms with Crippen LogP contribution in [0, 0.1) is 17.6 Å². The van der Waals surface area contributed by atoms with Crippen molar-refractivity contribution in [2.75, 3.05) is 38.2 Å². The number of halogens is 2. The van der Waals surface area contributed by atoms with E-state index in [-0.39, 0.29) is 11.8 Å². The average Bonchev–Trinajstić information content (AvgIpc) is 2.77. The summed E-state index contributed by atoms with van der Waals surface area (Å²) in [7, 11) is 1.61. The number of nitrogens with zero attached hydrogens (tertiary/aromatic N) is 2. The highest BCUT2D eigenvalue weighted by Crippen LogP contribution is 2.21. The van der Waals surface area contributed by atoms with Gasteiger partial charge in [-0.15, -0.1) is 0 Å². The molecule has 1 N–H and O–H groups in total. The first-order valence-electron chi connectivity index (χ1n) is 10.2. The molecular formula is C23H27F2N3O3. The highest BCUT2D eigenvalue weighted by molar-refractivity contribution is 5.98. The predicted molar refractivity (Wildman–Crippen MR) is 114 cm³/mol. The van der Waals surface area contributed by atoms with E-state index < -0.39 is 29.1 Å². The molecule has 0 saturated carbocycles. The second-order valence-electron chi connectivity index (χ2n) is 7.80. The maximum atomic E-state index is 14.0. The van der Waals surface area contributed by atoms with Crippen LogP contribution in [0.3, 0.4) is 0 Å². The Morgan fingerprint density at radius 2 is 1.55 bits per heavy atom. The molecule has 0 radical (unpaired) electrons. The molecule has 0 aromatic heterocycles. The van der Waals surface area contributed by atoms with Crippen molar-refractivity contribution in [1.29, 1.82) is 0 Å². The highest BCUT2D eigenvalue weighted by atomic mass is 19.1. The van der Waals surface area contributed by atoms with Crippen molar-refractivity contribution in [3.8, 4) is 5.75 Å². The van der Waals surface area contributed by atoms with Crippen LogP contribution in [0.1, 0.15) is 24.2 Å². The summed E-state index contributed by atoms with van der Waals surface area (Å²) in [5, 5.41) is 2.53. The number of piperazine rings is 1. The second-order valence-corrected chi connectivity index (χ2v) is 7.80. The molecule has 0 aliphatic carbocycles. The van der Waals surface area contributed by atoms with Crippen molar-refractivity contribution < 1.29 is 23.1 Å². The van der Waals surface area contributed by atoms with E-state index in [0.717, 1.165) is 23.6 Å². The molecule has 8 heteroatoms. The number of nitrogens with one attached hydrogen (secondary N) is 1. The van der Waals surface area contributed by atoms with E-state index in [9.17, 15) is 18.4 Å². The van der Waals surface area contributed by atoms with Gasteiger partial charge in [0.1, 0.15) is 29.0 Å². The molecule has 1 heterocycles. The van der Waals surface area contributed by atoms with Crippen LogP contribution in [0.4, 0.5) is 14.5 Å². The molecule has 2 amide bonds. The van der Waals surface area contributed by atoms with E-state index in [1.807, 2.05) is 24.3 Å². The number of carbonyl (C=O) groups excluding carboxylic acids is 2. The van der Waals surface area contributed by atoms with Gasteiger partial charge in [-0.3, -0.25) is 9.59 Å². The minimum Gasteiger partial charge on any atom is -0.497 e. The molecule has 1 aliphatic rings. The topological polar surface area (TPSA) is 61.9 Å². The summed E-state index contributed by atoms with van der Waals surface area (Å²) in [5.41, 5.74) is 0.363. The molecule has 0 bridgehead atoms. The SMILES string of the molecule is COc1ccc(N2CCN(C(=O)[C@H](NC(=O)c3c(F)cccc3F)C(C)C)CC2)cc1. The Balaban J connectivity index is 1.65. The fourth-order valence-electron chi connectivity index (χ4n) is 3.62. The summed E-state index contributed by atoms with van der Waals surface area (Å²) in [6, 6.07) is 10.1. The summed E-state index contributed by atoms with van der Waals surface area (Å²) in [4.78, 5) is 29.4. The summed E-state index contributed by atoms with van der Waals surface area (Å²) in [5.74, 6) is -2.57. The van der Waals surface area contributed by atoms with Gasteiger partial charge in [0.2, 0.25) is 5.91 Å². The Bertz CT molecular complexity index is 906. The second kappa shape index (κ2) is 9.76. The van der Waals surface area contributed by atoms with Crippen molar-refractivity contribution in [2.24, 2.45) is 5.92 Å². The molecule has 0 spiro atoms. The molecule has 166 valence electrons. The number of hydrogen-bond acceptors (Lipinski definition) is 4. The monoisotopic (exact) mass is 431 g/mol. The van der Waals surface area contributed by atoms with Gasteiger partial charge in [-0.25, -0.2) is 8.78 Å². The first-order chi connectivity index (χ1) is 14.8. The fraction of sp³-hybridized carbons (Fsp3) is 0.391. The van der Waals surface area contributed by atoms with Crippen molar-refractivity contribution in [2.45, 2.75) is 19.9 Å². The van der Waals surface area contributed by atoms with Gasteiger partial charge in [-0.05, 0) is 42.3 Å². The smallest absolute Gasteiger partial charge is 0.257 e. The van der Waals surface area contributed by atoms with Gasteiger partial charge >= 0.3 is 0 Å². The van der Waals surface area contributed by atoms with Gasteiger partial charge in [0.15, 0.2) is 0 Å². The van der Waals surface area contributed by atoms with Gasteiger partial charge in [-0.1, -0.05) is 19.9 Å². The normalized spacial score (nSPS) is 15.0. The number of benzene rings is 2. The van der Waals surface area contributed by atoms with Gasteiger partial charge in [0.05, 0.1) is 7.11 Å². The van der Waals surface area contributed by atoms with Crippen LogP contribution in [0.2, 0.25) is 0 Å². The van der Waals surface area contributed by atoms with Gasteiger partial charge < -0.3 is 19.9 Å². The summed E-state index contributed by atoms with van der Waals surface area (Å²) < 4.78 is 33.1. The van der Waals surface area contributed by atoms with Crippen LogP contribution >= 0.6 is 0 Å². The molecule has 3 rings (SSSR count). The van der Waals surface area contributed by atoms with E-state index in [2.05, 4.69) is 10.2 Å². The molecule has 1 fully saturated rings. The third kappa shape index (κ3) is 5.13. The van der Waals surface area contributed by atoms with Crippen LogP contribution in [-0.4, -0.2) is 56.0 Å². The minimum absolute atomic E-state index is 0.245. The van der Waals surface area contributed by atoms with Crippen LogP contribution in [-0.2, 0) is 4.79 Å². The van der Waals surface area contributed by atoms with Crippen molar-refractivity contribution in [1.82, 2.24) is 10.2 Å². The first-order valence-corrected chi connectivity index (χ1v) is 10.2. The van der Waals surface area contributed by atoms with Crippen LogP contribution < -0.4 is 15.0 Å². The fourth-order valence-corrected chi connectivity index (χ4v) is 3.62. The lowest BCUT2D eigenvalue weighted by atomic mass is 10.0. The lowest BCUT2D eigenvalue weighted by molar-refractivity contribution is -0.134. The number of anilines is 1. The van der Waals surface area contributed by atoms with Crippen LogP contribution in [0.25, 0.3) is 0 Å². The number of amides is 2. The maximum absolute atomic E-state index is 14.0. The number of hydrogen-bond donors (Lipinski definition) is 1. The van der Waals surface area contributed by atoms with Gasteiger partial charge in [-0.2, -0.15) is 0 Å². The molecule has 2 aromatic carbocycles. The maximum Gasteiger partial charge on any atom is 0.257 e. The van der Waals surface area contributed by atoms with E-state index in [1.54, 1.807) is 25.9 Å². The molecular weight excluding hydrogens is 404 g/mol. The minimum atomic E-state index is -0.958. The first kappa shape index (κ1) is 22.5. The van der Waals surface area contributed by atoms with Gasteiger partial charge in [0, 0.05) is 31.9 Å². The Hall–Kier alpha value is -3.16. The number of methoxy groups -OCH3 is 1. The standard InChI is InChI=1S/C23H27F2N3O3/c1-15(2)21(26-22(29)20-18(24)5-4-6-19(20)25)23(30)28-13-11-27(12-14-28)16-7-9-17(31-3)10-8-16/h4-10,15,21H,11-14H2,1-3H3,(H,26,29)/t21-/m1/s1.